The molecule has 0 fully saturated rings. The smallest absolute Gasteiger partial charge is 0.344 e. The molecule has 34 heavy (non-hydrogen) atoms. The number of carbonyl (C=O) groups is 1. The van der Waals surface area contributed by atoms with Crippen LogP contribution >= 0.6 is 0 Å². The summed E-state index contributed by atoms with van der Waals surface area (Å²) >= 11 is 0. The summed E-state index contributed by atoms with van der Waals surface area (Å²) in [5.41, 5.74) is 2.34. The highest BCUT2D eigenvalue weighted by Gasteiger charge is 2.40. The van der Waals surface area contributed by atoms with Gasteiger partial charge in [-0.2, -0.15) is 5.10 Å². The fraction of sp³-hybridized carbons (Fsp3) is 0.429. The first-order chi connectivity index (χ1) is 16.2. The Balaban J connectivity index is 1.71. The number of fused-ring (bicyclic) bond motifs is 1. The molecule has 0 bridgehead atoms. The van der Waals surface area contributed by atoms with Crippen molar-refractivity contribution in [3.8, 4) is 5.75 Å². The van der Waals surface area contributed by atoms with E-state index in [1.54, 1.807) is 7.11 Å². The molecule has 1 atom stereocenters. The van der Waals surface area contributed by atoms with Gasteiger partial charge in [0.15, 0.2) is 0 Å². The molecule has 0 unspecified atom stereocenters. The summed E-state index contributed by atoms with van der Waals surface area (Å²) in [7, 11) is 1.64. The van der Waals surface area contributed by atoms with Gasteiger partial charge in [0.05, 0.1) is 24.4 Å². The molecule has 0 saturated heterocycles. The van der Waals surface area contributed by atoms with Gasteiger partial charge in [-0.25, -0.2) is 9.48 Å². The predicted octanol–water partition coefficient (Wildman–Crippen LogP) is 6.36. The third kappa shape index (κ3) is 4.17. The lowest BCUT2D eigenvalue weighted by Crippen LogP contribution is -2.38. The normalized spacial score (nSPS) is 16.9. The fourth-order valence-corrected chi connectivity index (χ4v) is 5.02. The van der Waals surface area contributed by atoms with Gasteiger partial charge in [-0.15, -0.1) is 0 Å². The topological polar surface area (TPSA) is 65.4 Å². The van der Waals surface area contributed by atoms with Crippen LogP contribution in [0.1, 0.15) is 80.2 Å². The first-order valence-electron chi connectivity index (χ1n) is 12.0. The monoisotopic (exact) mass is 461 g/mol. The molecule has 0 radical (unpaired) electrons. The van der Waals surface area contributed by atoms with E-state index >= 15 is 0 Å². The Kier molecular flexibility index (Phi) is 6.43. The minimum Gasteiger partial charge on any atom is -0.497 e. The average Bonchev–Trinajstić information content (AvgIpc) is 3.20. The van der Waals surface area contributed by atoms with E-state index in [-0.39, 0.29) is 17.6 Å². The number of carbonyl (C=O) groups excluding carboxylic acids is 1. The molecule has 1 aliphatic rings. The summed E-state index contributed by atoms with van der Waals surface area (Å²) < 4.78 is 13.6. The summed E-state index contributed by atoms with van der Waals surface area (Å²) in [5.74, 6) is 1.15. The van der Waals surface area contributed by atoms with Crippen molar-refractivity contribution < 1.29 is 14.3 Å². The Morgan fingerprint density at radius 3 is 2.35 bits per heavy atom. The molecule has 180 valence electrons. The van der Waals surface area contributed by atoms with E-state index in [0.717, 1.165) is 23.6 Å². The molecule has 0 saturated carbocycles. The van der Waals surface area contributed by atoms with Crippen molar-refractivity contribution in [3.05, 3.63) is 77.0 Å². The Morgan fingerprint density at radius 2 is 1.76 bits per heavy atom. The first kappa shape index (κ1) is 23.9. The second-order valence-electron chi connectivity index (χ2n) is 9.66. The summed E-state index contributed by atoms with van der Waals surface area (Å²) in [6.07, 6.45) is 2.19. The van der Waals surface area contributed by atoms with E-state index in [0.29, 0.717) is 24.1 Å². The molecule has 1 N–H and O–H groups in total. The molecule has 6 heteroatoms. The highest BCUT2D eigenvalue weighted by Crippen LogP contribution is 2.42. The number of hydrogen-bond donors (Lipinski definition) is 1. The number of ether oxygens (including phenoxy) is 2. The van der Waals surface area contributed by atoms with Crippen molar-refractivity contribution >= 4 is 11.8 Å². The van der Waals surface area contributed by atoms with E-state index in [2.05, 4.69) is 31.3 Å². The zero-order valence-corrected chi connectivity index (χ0v) is 21.0. The van der Waals surface area contributed by atoms with Crippen LogP contribution in [-0.2, 0) is 15.9 Å². The number of methoxy groups -OCH3 is 1. The standard InChI is InChI=1S/C28H35N3O3/c1-7-28(8-2,21-14-16-22(33-6)17-15-21)34-26(32)24-19(3)30-31-25(24)29-23(18-27(31,4)5)20-12-10-9-11-13-20/h9-17,23,29H,7-8,18H2,1-6H3/t23-/m1/s1. The minimum absolute atomic E-state index is 0.0787. The summed E-state index contributed by atoms with van der Waals surface area (Å²) in [6.45, 7) is 10.3. The van der Waals surface area contributed by atoms with Crippen molar-refractivity contribution in [1.29, 1.82) is 0 Å². The molecule has 2 aromatic carbocycles. The third-order valence-corrected chi connectivity index (χ3v) is 7.10. The SMILES string of the molecule is CCC(CC)(OC(=O)c1c(C)nn2c1N[C@@H](c1ccccc1)CC2(C)C)c1ccc(OC)cc1. The van der Waals surface area contributed by atoms with Crippen LogP contribution in [0.15, 0.2) is 54.6 Å². The molecule has 1 aromatic heterocycles. The van der Waals surface area contributed by atoms with Crippen molar-refractivity contribution in [2.24, 2.45) is 0 Å². The van der Waals surface area contributed by atoms with Gasteiger partial charge in [-0.3, -0.25) is 0 Å². The van der Waals surface area contributed by atoms with E-state index in [1.807, 2.05) is 67.9 Å². The van der Waals surface area contributed by atoms with E-state index in [1.165, 1.54) is 5.56 Å². The predicted molar refractivity (Wildman–Crippen MR) is 134 cm³/mol. The molecule has 6 nitrogen and oxygen atoms in total. The van der Waals surface area contributed by atoms with E-state index in [4.69, 9.17) is 14.6 Å². The van der Waals surface area contributed by atoms with Crippen molar-refractivity contribution in [3.63, 3.8) is 0 Å². The molecular weight excluding hydrogens is 426 g/mol. The maximum Gasteiger partial charge on any atom is 0.344 e. The Morgan fingerprint density at radius 1 is 1.12 bits per heavy atom. The van der Waals surface area contributed by atoms with Crippen LogP contribution < -0.4 is 10.1 Å². The van der Waals surface area contributed by atoms with E-state index in [9.17, 15) is 4.79 Å². The summed E-state index contributed by atoms with van der Waals surface area (Å²) in [5, 5.41) is 8.37. The molecule has 3 aromatic rings. The number of aromatic nitrogens is 2. The largest absolute Gasteiger partial charge is 0.497 e. The van der Waals surface area contributed by atoms with Gasteiger partial charge in [0, 0.05) is 0 Å². The third-order valence-electron chi connectivity index (χ3n) is 7.10. The maximum atomic E-state index is 13.7. The highest BCUT2D eigenvalue weighted by molar-refractivity contribution is 5.96. The molecule has 4 rings (SSSR count). The van der Waals surface area contributed by atoms with Crippen molar-refractivity contribution in [2.45, 2.75) is 71.1 Å². The number of esters is 1. The Bertz CT molecular complexity index is 1150. The number of anilines is 1. The van der Waals surface area contributed by atoms with Crippen LogP contribution in [0.3, 0.4) is 0 Å². The fourth-order valence-electron chi connectivity index (χ4n) is 5.02. The number of rotatable bonds is 7. The molecule has 0 aliphatic carbocycles. The van der Waals surface area contributed by atoms with Gasteiger partial charge in [0.2, 0.25) is 0 Å². The number of nitrogens with zero attached hydrogens (tertiary/aromatic N) is 2. The van der Waals surface area contributed by atoms with E-state index < -0.39 is 5.60 Å². The number of nitrogens with one attached hydrogen (secondary N) is 1. The van der Waals surface area contributed by atoms with Gasteiger partial charge in [-0.1, -0.05) is 56.3 Å². The molecule has 2 heterocycles. The highest BCUT2D eigenvalue weighted by atomic mass is 16.6. The van der Waals surface area contributed by atoms with Crippen LogP contribution in [0.25, 0.3) is 0 Å². The average molecular weight is 462 g/mol. The van der Waals surface area contributed by atoms with Gasteiger partial charge in [0.1, 0.15) is 22.7 Å². The number of hydrogen-bond acceptors (Lipinski definition) is 5. The van der Waals surface area contributed by atoms with Gasteiger partial charge >= 0.3 is 5.97 Å². The van der Waals surface area contributed by atoms with Crippen LogP contribution in [0, 0.1) is 6.92 Å². The Labute approximate surface area is 202 Å². The van der Waals surface area contributed by atoms with Crippen LogP contribution in [0.2, 0.25) is 0 Å². The summed E-state index contributed by atoms with van der Waals surface area (Å²) in [6, 6.07) is 18.2. The lowest BCUT2D eigenvalue weighted by atomic mass is 9.88. The first-order valence-corrected chi connectivity index (χ1v) is 12.0. The number of aryl methyl sites for hydroxylation is 1. The van der Waals surface area contributed by atoms with Crippen LogP contribution in [-0.4, -0.2) is 22.9 Å². The van der Waals surface area contributed by atoms with Crippen molar-refractivity contribution in [2.75, 3.05) is 12.4 Å². The second-order valence-corrected chi connectivity index (χ2v) is 9.66. The van der Waals surface area contributed by atoms with Gasteiger partial charge < -0.3 is 14.8 Å². The lowest BCUT2D eigenvalue weighted by molar-refractivity contribution is -0.0263. The lowest BCUT2D eigenvalue weighted by Gasteiger charge is -2.38. The zero-order valence-electron chi connectivity index (χ0n) is 21.0. The summed E-state index contributed by atoms with van der Waals surface area (Å²) in [4.78, 5) is 13.7. The molecule has 0 amide bonds. The number of benzene rings is 2. The molecule has 1 aliphatic heterocycles. The van der Waals surface area contributed by atoms with Crippen LogP contribution in [0.5, 0.6) is 5.75 Å². The van der Waals surface area contributed by atoms with Crippen LogP contribution in [0.4, 0.5) is 5.82 Å². The maximum absolute atomic E-state index is 13.7. The van der Waals surface area contributed by atoms with Gasteiger partial charge in [0.25, 0.3) is 0 Å². The second kappa shape index (κ2) is 9.16. The Hall–Kier alpha value is -3.28. The quantitative estimate of drug-likeness (QED) is 0.415. The van der Waals surface area contributed by atoms with Gasteiger partial charge in [-0.05, 0) is 63.3 Å². The van der Waals surface area contributed by atoms with Crippen molar-refractivity contribution in [1.82, 2.24) is 9.78 Å². The zero-order chi connectivity index (χ0) is 24.5. The molecular formula is C28H35N3O3. The minimum atomic E-state index is -0.729. The molecule has 0 spiro atoms.